The first kappa shape index (κ1) is 19.2. The van der Waals surface area contributed by atoms with Gasteiger partial charge < -0.3 is 20.1 Å². The predicted molar refractivity (Wildman–Crippen MR) is 107 cm³/mol. The number of hydrogen-bond donors (Lipinski definition) is 2. The van der Waals surface area contributed by atoms with E-state index in [9.17, 15) is 9.18 Å². The van der Waals surface area contributed by atoms with Gasteiger partial charge in [0, 0.05) is 17.4 Å². The minimum Gasteiger partial charge on any atom is -0.490 e. The Bertz CT molecular complexity index is 886. The summed E-state index contributed by atoms with van der Waals surface area (Å²) in [5.41, 5.74) is 1.31. The molecule has 0 saturated carbocycles. The SMILES string of the molecule is O=C(CNc1cccc(OCCOc2ccccc2)c1)Nc1ccc(F)cc1. The van der Waals surface area contributed by atoms with Crippen molar-refractivity contribution in [1.29, 1.82) is 0 Å². The van der Waals surface area contributed by atoms with E-state index in [1.54, 1.807) is 0 Å². The molecule has 0 fully saturated rings. The summed E-state index contributed by atoms with van der Waals surface area (Å²) in [6, 6.07) is 22.5. The van der Waals surface area contributed by atoms with Crippen molar-refractivity contribution >= 4 is 17.3 Å². The second kappa shape index (κ2) is 9.97. The van der Waals surface area contributed by atoms with Crippen molar-refractivity contribution in [2.75, 3.05) is 30.4 Å². The van der Waals surface area contributed by atoms with Crippen LogP contribution in [0.1, 0.15) is 0 Å². The number of carbonyl (C=O) groups is 1. The van der Waals surface area contributed by atoms with Gasteiger partial charge in [-0.3, -0.25) is 4.79 Å². The smallest absolute Gasteiger partial charge is 0.243 e. The summed E-state index contributed by atoms with van der Waals surface area (Å²) in [7, 11) is 0. The van der Waals surface area contributed by atoms with Crippen molar-refractivity contribution in [3.05, 3.63) is 84.7 Å². The monoisotopic (exact) mass is 380 g/mol. The number of hydrogen-bond acceptors (Lipinski definition) is 4. The molecule has 144 valence electrons. The molecule has 0 heterocycles. The molecule has 2 N–H and O–H groups in total. The van der Waals surface area contributed by atoms with Crippen LogP contribution >= 0.6 is 0 Å². The number of amides is 1. The van der Waals surface area contributed by atoms with E-state index in [2.05, 4.69) is 10.6 Å². The summed E-state index contributed by atoms with van der Waals surface area (Å²) in [6.45, 7) is 0.920. The Labute approximate surface area is 163 Å². The highest BCUT2D eigenvalue weighted by atomic mass is 19.1. The minimum absolute atomic E-state index is 0.0813. The van der Waals surface area contributed by atoms with Gasteiger partial charge in [0.25, 0.3) is 0 Å². The molecule has 3 aromatic carbocycles. The topological polar surface area (TPSA) is 59.6 Å². The molecule has 0 aliphatic rings. The number of carbonyl (C=O) groups excluding carboxylic acids is 1. The molecule has 0 aromatic heterocycles. The molecule has 28 heavy (non-hydrogen) atoms. The van der Waals surface area contributed by atoms with Crippen molar-refractivity contribution in [3.63, 3.8) is 0 Å². The second-order valence-electron chi connectivity index (χ2n) is 5.95. The van der Waals surface area contributed by atoms with Gasteiger partial charge in [0.2, 0.25) is 5.91 Å². The molecule has 0 aliphatic heterocycles. The van der Waals surface area contributed by atoms with Gasteiger partial charge in [0.1, 0.15) is 30.5 Å². The Kier molecular flexibility index (Phi) is 6.84. The lowest BCUT2D eigenvalue weighted by atomic mass is 10.3. The Hall–Kier alpha value is -3.54. The van der Waals surface area contributed by atoms with Crippen molar-refractivity contribution in [3.8, 4) is 11.5 Å². The van der Waals surface area contributed by atoms with E-state index in [-0.39, 0.29) is 18.3 Å². The fourth-order valence-electron chi connectivity index (χ4n) is 2.45. The van der Waals surface area contributed by atoms with E-state index in [1.165, 1.54) is 24.3 Å². The third-order valence-corrected chi connectivity index (χ3v) is 3.78. The first-order valence-corrected chi connectivity index (χ1v) is 8.89. The fraction of sp³-hybridized carbons (Fsp3) is 0.136. The normalized spacial score (nSPS) is 10.2. The zero-order chi connectivity index (χ0) is 19.6. The zero-order valence-corrected chi connectivity index (χ0v) is 15.2. The number of rotatable bonds is 9. The van der Waals surface area contributed by atoms with E-state index >= 15 is 0 Å². The van der Waals surface area contributed by atoms with E-state index < -0.39 is 0 Å². The van der Waals surface area contributed by atoms with E-state index in [0.29, 0.717) is 24.7 Å². The van der Waals surface area contributed by atoms with Crippen LogP contribution in [0.3, 0.4) is 0 Å². The molecule has 0 unspecified atom stereocenters. The zero-order valence-electron chi connectivity index (χ0n) is 15.2. The number of nitrogens with one attached hydrogen (secondary N) is 2. The quantitative estimate of drug-likeness (QED) is 0.543. The molecule has 3 aromatic rings. The number of anilines is 2. The summed E-state index contributed by atoms with van der Waals surface area (Å²) in [6.07, 6.45) is 0. The molecule has 0 saturated heterocycles. The maximum atomic E-state index is 12.9. The Balaban J connectivity index is 1.41. The Morgan fingerprint density at radius 2 is 1.46 bits per heavy atom. The van der Waals surface area contributed by atoms with Crippen LogP contribution in [0, 0.1) is 5.82 Å². The average Bonchev–Trinajstić information content (AvgIpc) is 2.73. The maximum absolute atomic E-state index is 12.9. The number of ether oxygens (including phenoxy) is 2. The third-order valence-electron chi connectivity index (χ3n) is 3.78. The number of para-hydroxylation sites is 1. The van der Waals surface area contributed by atoms with Crippen LogP contribution in [0.5, 0.6) is 11.5 Å². The number of halogens is 1. The standard InChI is InChI=1S/C22H21FN2O3/c23-17-9-11-18(12-10-17)25-22(26)16-24-19-5-4-8-21(15-19)28-14-13-27-20-6-2-1-3-7-20/h1-12,15,24H,13-14,16H2,(H,25,26). The van der Waals surface area contributed by atoms with Crippen molar-refractivity contribution in [2.24, 2.45) is 0 Å². The van der Waals surface area contributed by atoms with E-state index in [4.69, 9.17) is 9.47 Å². The van der Waals surface area contributed by atoms with Crippen LogP contribution in [0.25, 0.3) is 0 Å². The predicted octanol–water partition coefficient (Wildman–Crippen LogP) is 4.33. The van der Waals surface area contributed by atoms with Gasteiger partial charge in [-0.15, -0.1) is 0 Å². The summed E-state index contributed by atoms with van der Waals surface area (Å²) >= 11 is 0. The van der Waals surface area contributed by atoms with Crippen LogP contribution in [0.2, 0.25) is 0 Å². The molecular formula is C22H21FN2O3. The molecule has 0 radical (unpaired) electrons. The molecule has 0 aliphatic carbocycles. The van der Waals surface area contributed by atoms with E-state index in [1.807, 2.05) is 54.6 Å². The molecule has 5 nitrogen and oxygen atoms in total. The lowest BCUT2D eigenvalue weighted by molar-refractivity contribution is -0.114. The summed E-state index contributed by atoms with van der Waals surface area (Å²) in [5, 5.41) is 5.73. The highest BCUT2D eigenvalue weighted by molar-refractivity contribution is 5.93. The highest BCUT2D eigenvalue weighted by Crippen LogP contribution is 2.17. The van der Waals surface area contributed by atoms with Crippen LogP contribution < -0.4 is 20.1 Å². The van der Waals surface area contributed by atoms with Crippen LogP contribution in [0.15, 0.2) is 78.9 Å². The van der Waals surface area contributed by atoms with Gasteiger partial charge in [-0.05, 0) is 48.5 Å². The first-order valence-electron chi connectivity index (χ1n) is 8.89. The van der Waals surface area contributed by atoms with Gasteiger partial charge >= 0.3 is 0 Å². The van der Waals surface area contributed by atoms with Crippen molar-refractivity contribution in [2.45, 2.75) is 0 Å². The molecular weight excluding hydrogens is 359 g/mol. The Morgan fingerprint density at radius 3 is 2.21 bits per heavy atom. The average molecular weight is 380 g/mol. The first-order chi connectivity index (χ1) is 13.7. The molecule has 0 bridgehead atoms. The van der Waals surface area contributed by atoms with E-state index in [0.717, 1.165) is 11.4 Å². The van der Waals surface area contributed by atoms with Crippen molar-refractivity contribution < 1.29 is 18.7 Å². The summed E-state index contributed by atoms with van der Waals surface area (Å²) in [5.74, 6) is 0.908. The minimum atomic E-state index is -0.345. The van der Waals surface area contributed by atoms with Gasteiger partial charge in [0.05, 0.1) is 6.54 Å². The molecule has 1 amide bonds. The lowest BCUT2D eigenvalue weighted by Gasteiger charge is -2.11. The maximum Gasteiger partial charge on any atom is 0.243 e. The largest absolute Gasteiger partial charge is 0.490 e. The molecule has 3 rings (SSSR count). The summed E-state index contributed by atoms with van der Waals surface area (Å²) in [4.78, 5) is 12.0. The summed E-state index contributed by atoms with van der Waals surface area (Å²) < 4.78 is 24.1. The molecule has 0 atom stereocenters. The van der Waals surface area contributed by atoms with Crippen LogP contribution in [-0.4, -0.2) is 25.7 Å². The lowest BCUT2D eigenvalue weighted by Crippen LogP contribution is -2.21. The highest BCUT2D eigenvalue weighted by Gasteiger charge is 2.04. The second-order valence-corrected chi connectivity index (χ2v) is 5.95. The van der Waals surface area contributed by atoms with Crippen molar-refractivity contribution in [1.82, 2.24) is 0 Å². The third kappa shape index (κ3) is 6.32. The molecule has 0 spiro atoms. The van der Waals surface area contributed by atoms with Gasteiger partial charge in [-0.25, -0.2) is 4.39 Å². The Morgan fingerprint density at radius 1 is 0.786 bits per heavy atom. The van der Waals surface area contributed by atoms with Crippen LogP contribution in [0.4, 0.5) is 15.8 Å². The number of benzene rings is 3. The van der Waals surface area contributed by atoms with Gasteiger partial charge in [-0.2, -0.15) is 0 Å². The molecule has 6 heteroatoms. The van der Waals surface area contributed by atoms with Crippen LogP contribution in [-0.2, 0) is 4.79 Å². The van der Waals surface area contributed by atoms with Gasteiger partial charge in [0.15, 0.2) is 0 Å². The fourth-order valence-corrected chi connectivity index (χ4v) is 2.45. The van der Waals surface area contributed by atoms with Gasteiger partial charge in [-0.1, -0.05) is 24.3 Å².